The number of ketones is 1. The molecule has 194 valence electrons. The van der Waals surface area contributed by atoms with Gasteiger partial charge in [-0.15, -0.1) is 0 Å². The number of unbranched alkanes of at least 4 members (excludes halogenated alkanes) is 1. The fourth-order valence-corrected chi connectivity index (χ4v) is 4.50. The first kappa shape index (κ1) is 26.4. The largest absolute Gasteiger partial charge is 0.496 e. The van der Waals surface area contributed by atoms with Gasteiger partial charge in [0.1, 0.15) is 5.75 Å². The lowest BCUT2D eigenvalue weighted by Crippen LogP contribution is -2.31. The van der Waals surface area contributed by atoms with Crippen molar-refractivity contribution < 1.29 is 22.5 Å². The van der Waals surface area contributed by atoms with Crippen LogP contribution in [-0.4, -0.2) is 44.5 Å². The van der Waals surface area contributed by atoms with Gasteiger partial charge >= 0.3 is 0 Å². The van der Waals surface area contributed by atoms with E-state index >= 15 is 0 Å². The minimum Gasteiger partial charge on any atom is -0.496 e. The fraction of sp³-hybridized carbons (Fsp3) is 0.269. The third-order valence-corrected chi connectivity index (χ3v) is 6.52. The van der Waals surface area contributed by atoms with Gasteiger partial charge in [0, 0.05) is 23.1 Å². The Balaban J connectivity index is 1.53. The van der Waals surface area contributed by atoms with E-state index in [2.05, 4.69) is 20.2 Å². The second kappa shape index (κ2) is 12.1. The zero-order chi connectivity index (χ0) is 26.3. The number of nitrogens with one attached hydrogen (secondary N) is 2. The summed E-state index contributed by atoms with van der Waals surface area (Å²) in [7, 11) is -2.12. The molecule has 0 fully saturated rings. The van der Waals surface area contributed by atoms with Gasteiger partial charge in [-0.3, -0.25) is 10.1 Å². The number of fused-ring (bicyclic) bond motifs is 1. The van der Waals surface area contributed by atoms with E-state index in [9.17, 15) is 13.2 Å². The molecule has 3 aromatic carbocycles. The highest BCUT2D eigenvalue weighted by Gasteiger charge is 2.22. The average Bonchev–Trinajstić information content (AvgIpc) is 3.39. The molecule has 0 amide bonds. The second-order valence-electron chi connectivity index (χ2n) is 8.48. The van der Waals surface area contributed by atoms with E-state index in [4.69, 9.17) is 14.4 Å². The van der Waals surface area contributed by atoms with E-state index in [1.807, 2.05) is 54.6 Å². The van der Waals surface area contributed by atoms with Crippen LogP contribution in [0.1, 0.15) is 41.6 Å². The Bertz CT molecular complexity index is 1460. The number of hydrogen-bond donors (Lipinski definition) is 3. The Hall–Kier alpha value is -3.64. The Morgan fingerprint density at radius 1 is 1.03 bits per heavy atom. The van der Waals surface area contributed by atoms with Crippen LogP contribution in [0.5, 0.6) is 5.75 Å². The van der Waals surface area contributed by atoms with Crippen LogP contribution < -0.4 is 19.9 Å². The Kier molecular flexibility index (Phi) is 8.62. The zero-order valence-corrected chi connectivity index (χ0v) is 21.2. The minimum atomic E-state index is -3.74. The third-order valence-electron chi connectivity index (χ3n) is 5.91. The number of carbonyl (C=O) groups excluding carboxylic acids is 1. The van der Waals surface area contributed by atoms with E-state index in [0.29, 0.717) is 36.5 Å². The van der Waals surface area contributed by atoms with Gasteiger partial charge in [-0.1, -0.05) is 66.2 Å². The quantitative estimate of drug-likeness (QED) is 0.178. The Morgan fingerprint density at radius 3 is 2.49 bits per heavy atom. The van der Waals surface area contributed by atoms with Crippen molar-refractivity contribution in [1.82, 2.24) is 20.2 Å². The van der Waals surface area contributed by atoms with Crippen LogP contribution in [0.4, 0.5) is 0 Å². The lowest BCUT2D eigenvalue weighted by atomic mass is 10.0. The molecular formula is C26H29N5O5S. The average molecular weight is 524 g/mol. The summed E-state index contributed by atoms with van der Waals surface area (Å²) in [5.41, 5.74) is 1.39. The molecule has 4 N–H and O–H groups in total. The number of nitrogens with zero attached hydrogens (tertiary/aromatic N) is 2. The lowest BCUT2D eigenvalue weighted by molar-refractivity contribution is 0.0984. The third kappa shape index (κ3) is 6.98. The summed E-state index contributed by atoms with van der Waals surface area (Å²) >= 11 is 0. The van der Waals surface area contributed by atoms with Crippen LogP contribution >= 0.6 is 0 Å². The van der Waals surface area contributed by atoms with Crippen molar-refractivity contribution in [3.05, 3.63) is 78.2 Å². The maximum atomic E-state index is 12.7. The van der Waals surface area contributed by atoms with Gasteiger partial charge in [0.15, 0.2) is 5.78 Å². The monoisotopic (exact) mass is 523 g/mol. The van der Waals surface area contributed by atoms with Crippen molar-refractivity contribution in [3.63, 3.8) is 0 Å². The van der Waals surface area contributed by atoms with E-state index in [-0.39, 0.29) is 18.9 Å². The summed E-state index contributed by atoms with van der Waals surface area (Å²) in [6, 6.07) is 20.1. The fourth-order valence-electron chi connectivity index (χ4n) is 4.07. The number of hydrogen-bond acceptors (Lipinski definition) is 8. The molecule has 0 saturated heterocycles. The summed E-state index contributed by atoms with van der Waals surface area (Å²) in [4.78, 5) is 17.3. The summed E-state index contributed by atoms with van der Waals surface area (Å²) in [5, 5.41) is 14.3. The SMILES string of the molecule is COc1ccc(-c2noc(C(CCCCNS(N)(=O)=O)NCC(=O)c3ccccc3)n2)c2ccccc12. The molecule has 1 aromatic heterocycles. The predicted molar refractivity (Wildman–Crippen MR) is 140 cm³/mol. The van der Waals surface area contributed by atoms with Gasteiger partial charge < -0.3 is 9.26 Å². The molecule has 1 atom stereocenters. The summed E-state index contributed by atoms with van der Waals surface area (Å²) in [5.74, 6) is 1.44. The number of carbonyl (C=O) groups is 1. The summed E-state index contributed by atoms with van der Waals surface area (Å²) in [6.07, 6.45) is 1.72. The molecule has 0 spiro atoms. The van der Waals surface area contributed by atoms with Gasteiger partial charge in [-0.2, -0.15) is 13.4 Å². The van der Waals surface area contributed by atoms with Crippen LogP contribution in [0.25, 0.3) is 22.2 Å². The summed E-state index contributed by atoms with van der Waals surface area (Å²) in [6.45, 7) is 0.286. The first-order valence-electron chi connectivity index (χ1n) is 11.8. The number of nitrogens with two attached hydrogens (primary N) is 1. The maximum Gasteiger partial charge on any atom is 0.274 e. The van der Waals surface area contributed by atoms with Crippen molar-refractivity contribution in [2.75, 3.05) is 20.2 Å². The van der Waals surface area contributed by atoms with Gasteiger partial charge in [0.2, 0.25) is 11.7 Å². The zero-order valence-electron chi connectivity index (χ0n) is 20.4. The van der Waals surface area contributed by atoms with Crippen LogP contribution in [0.2, 0.25) is 0 Å². The number of Topliss-reactive ketones (excluding diaryl/α,β-unsaturated/α-hetero) is 1. The molecule has 0 saturated carbocycles. The van der Waals surface area contributed by atoms with E-state index in [0.717, 1.165) is 22.1 Å². The normalized spacial score (nSPS) is 12.5. The molecular weight excluding hydrogens is 494 g/mol. The van der Waals surface area contributed by atoms with Crippen LogP contribution in [0.15, 0.2) is 71.3 Å². The lowest BCUT2D eigenvalue weighted by Gasteiger charge is -2.14. The first-order chi connectivity index (χ1) is 17.9. The van der Waals surface area contributed by atoms with Gasteiger partial charge in [0.05, 0.1) is 19.7 Å². The van der Waals surface area contributed by atoms with Crippen LogP contribution in [0, 0.1) is 0 Å². The smallest absolute Gasteiger partial charge is 0.274 e. The van der Waals surface area contributed by atoms with Crippen molar-refractivity contribution in [1.29, 1.82) is 0 Å². The topological polar surface area (TPSA) is 149 Å². The molecule has 0 radical (unpaired) electrons. The van der Waals surface area contributed by atoms with Gasteiger partial charge in [-0.05, 0) is 30.4 Å². The van der Waals surface area contributed by atoms with Gasteiger partial charge in [-0.25, -0.2) is 9.86 Å². The molecule has 0 aliphatic heterocycles. The number of methoxy groups -OCH3 is 1. The number of aromatic nitrogens is 2. The highest BCUT2D eigenvalue weighted by molar-refractivity contribution is 7.87. The Labute approximate surface area is 215 Å². The van der Waals surface area contributed by atoms with Crippen LogP contribution in [0.3, 0.4) is 0 Å². The molecule has 4 rings (SSSR count). The highest BCUT2D eigenvalue weighted by atomic mass is 32.2. The molecule has 11 heteroatoms. The molecule has 10 nitrogen and oxygen atoms in total. The molecule has 0 bridgehead atoms. The number of benzene rings is 3. The van der Waals surface area contributed by atoms with Gasteiger partial charge in [0.25, 0.3) is 10.2 Å². The molecule has 0 aliphatic carbocycles. The molecule has 1 unspecified atom stereocenters. The molecule has 1 heterocycles. The van der Waals surface area contributed by atoms with Crippen molar-refractivity contribution in [3.8, 4) is 17.1 Å². The molecule has 37 heavy (non-hydrogen) atoms. The highest BCUT2D eigenvalue weighted by Crippen LogP contribution is 2.33. The van der Waals surface area contributed by atoms with E-state index in [1.54, 1.807) is 19.2 Å². The van der Waals surface area contributed by atoms with E-state index < -0.39 is 16.3 Å². The molecule has 4 aromatic rings. The second-order valence-corrected chi connectivity index (χ2v) is 9.85. The minimum absolute atomic E-state index is 0.0672. The van der Waals surface area contributed by atoms with Crippen molar-refractivity contribution in [2.45, 2.75) is 25.3 Å². The van der Waals surface area contributed by atoms with Crippen molar-refractivity contribution in [2.24, 2.45) is 5.14 Å². The summed E-state index contributed by atoms with van der Waals surface area (Å²) < 4.78 is 35.6. The molecule has 0 aliphatic rings. The predicted octanol–water partition coefficient (Wildman–Crippen LogP) is 3.38. The Morgan fingerprint density at radius 2 is 1.76 bits per heavy atom. The van der Waals surface area contributed by atoms with E-state index in [1.165, 1.54) is 0 Å². The van der Waals surface area contributed by atoms with Crippen molar-refractivity contribution >= 4 is 26.8 Å². The number of rotatable bonds is 13. The maximum absolute atomic E-state index is 12.7. The standard InChI is InChI=1S/C26H29N5O5S/c1-35-24-15-14-21(19-11-5-6-12-20(19)24)25-30-26(36-31-25)22(13-7-8-16-29-37(27,33)34)28-17-23(32)18-9-3-2-4-10-18/h2-6,9-12,14-15,22,28-29H,7-8,13,16-17H2,1H3,(H2,27,33,34). The number of ether oxygens (including phenoxy) is 1. The van der Waals surface area contributed by atoms with Crippen LogP contribution in [-0.2, 0) is 10.2 Å². The first-order valence-corrected chi connectivity index (χ1v) is 13.4.